The van der Waals surface area contributed by atoms with E-state index in [1.165, 1.54) is 0 Å². The van der Waals surface area contributed by atoms with E-state index in [0.29, 0.717) is 26.0 Å². The molecule has 0 aliphatic heterocycles. The Kier molecular flexibility index (Phi) is 9.18. The molecule has 5 nitrogen and oxygen atoms in total. The molecule has 6 heteroatoms. The van der Waals surface area contributed by atoms with Crippen LogP contribution in [-0.2, 0) is 14.3 Å². The summed E-state index contributed by atoms with van der Waals surface area (Å²) in [7, 11) is 0. The van der Waals surface area contributed by atoms with Crippen LogP contribution >= 0.6 is 12.4 Å². The standard InChI is InChI=1S/C10H20N2O3.ClH/c1-4-15-8(13)6-5-7-12-9(14)10(2,3)11;/h4-7,11H2,1-3H3,(H,12,14);1H. The molecule has 0 aliphatic carbocycles. The molecule has 0 aromatic heterocycles. The van der Waals surface area contributed by atoms with Crippen LogP contribution in [0.5, 0.6) is 0 Å². The van der Waals surface area contributed by atoms with Crippen molar-refractivity contribution in [3.05, 3.63) is 0 Å². The fraction of sp³-hybridized carbons (Fsp3) is 0.800. The van der Waals surface area contributed by atoms with Gasteiger partial charge in [0.15, 0.2) is 0 Å². The van der Waals surface area contributed by atoms with Crippen LogP contribution in [0.3, 0.4) is 0 Å². The molecule has 0 atom stereocenters. The highest BCUT2D eigenvalue weighted by Gasteiger charge is 2.20. The normalized spacial score (nSPS) is 10.2. The maximum atomic E-state index is 11.3. The van der Waals surface area contributed by atoms with Crippen molar-refractivity contribution < 1.29 is 14.3 Å². The lowest BCUT2D eigenvalue weighted by molar-refractivity contribution is -0.143. The number of amides is 1. The molecule has 0 spiro atoms. The molecule has 0 aromatic carbocycles. The number of rotatable bonds is 6. The van der Waals surface area contributed by atoms with E-state index in [4.69, 9.17) is 10.5 Å². The van der Waals surface area contributed by atoms with E-state index in [1.807, 2.05) is 0 Å². The number of hydrogen-bond donors (Lipinski definition) is 2. The summed E-state index contributed by atoms with van der Waals surface area (Å²) in [6.07, 6.45) is 0.889. The first kappa shape index (κ1) is 17.6. The Balaban J connectivity index is 0. The highest BCUT2D eigenvalue weighted by Crippen LogP contribution is 1.96. The Hall–Kier alpha value is -0.810. The molecule has 0 bridgehead atoms. The average Bonchev–Trinajstić information content (AvgIpc) is 2.11. The monoisotopic (exact) mass is 252 g/mol. The third-order valence-corrected chi connectivity index (χ3v) is 1.73. The summed E-state index contributed by atoms with van der Waals surface area (Å²) in [6, 6.07) is 0. The van der Waals surface area contributed by atoms with Crippen molar-refractivity contribution in [3.8, 4) is 0 Å². The third-order valence-electron chi connectivity index (χ3n) is 1.73. The predicted octanol–water partition coefficient (Wildman–Crippen LogP) is 0.605. The lowest BCUT2D eigenvalue weighted by Crippen LogP contribution is -2.49. The number of hydrogen-bond acceptors (Lipinski definition) is 4. The molecule has 0 radical (unpaired) electrons. The highest BCUT2D eigenvalue weighted by atomic mass is 35.5. The minimum atomic E-state index is -0.871. The molecule has 3 N–H and O–H groups in total. The Bertz CT molecular complexity index is 227. The van der Waals surface area contributed by atoms with Crippen molar-refractivity contribution in [1.82, 2.24) is 5.32 Å². The summed E-state index contributed by atoms with van der Waals surface area (Å²) >= 11 is 0. The van der Waals surface area contributed by atoms with Crippen molar-refractivity contribution in [1.29, 1.82) is 0 Å². The maximum Gasteiger partial charge on any atom is 0.305 e. The fourth-order valence-electron chi connectivity index (χ4n) is 0.896. The van der Waals surface area contributed by atoms with Crippen LogP contribution in [0.1, 0.15) is 33.6 Å². The van der Waals surface area contributed by atoms with Gasteiger partial charge in [-0.3, -0.25) is 9.59 Å². The van der Waals surface area contributed by atoms with Crippen molar-refractivity contribution in [2.24, 2.45) is 5.73 Å². The van der Waals surface area contributed by atoms with Gasteiger partial charge < -0.3 is 15.8 Å². The molecule has 0 fully saturated rings. The molecule has 0 heterocycles. The molecule has 96 valence electrons. The zero-order valence-corrected chi connectivity index (χ0v) is 10.9. The number of carbonyl (C=O) groups excluding carboxylic acids is 2. The van der Waals surface area contributed by atoms with Crippen LogP contribution in [0, 0.1) is 0 Å². The third kappa shape index (κ3) is 8.49. The van der Waals surface area contributed by atoms with Crippen LogP contribution in [-0.4, -0.2) is 30.6 Å². The van der Waals surface area contributed by atoms with Crippen molar-refractivity contribution >= 4 is 24.3 Å². The van der Waals surface area contributed by atoms with Gasteiger partial charge in [-0.2, -0.15) is 0 Å². The quantitative estimate of drug-likeness (QED) is 0.536. The fourth-order valence-corrected chi connectivity index (χ4v) is 0.896. The van der Waals surface area contributed by atoms with Gasteiger partial charge >= 0.3 is 5.97 Å². The number of halogens is 1. The topological polar surface area (TPSA) is 81.4 Å². The maximum absolute atomic E-state index is 11.3. The molecule has 16 heavy (non-hydrogen) atoms. The number of esters is 1. The van der Waals surface area contributed by atoms with E-state index >= 15 is 0 Å². The van der Waals surface area contributed by atoms with Gasteiger partial charge in [0.2, 0.25) is 5.91 Å². The highest BCUT2D eigenvalue weighted by molar-refractivity contribution is 5.85. The van der Waals surface area contributed by atoms with Crippen molar-refractivity contribution in [2.75, 3.05) is 13.2 Å². The molecular formula is C10H21ClN2O3. The van der Waals surface area contributed by atoms with Gasteiger partial charge in [-0.1, -0.05) is 0 Å². The van der Waals surface area contributed by atoms with Crippen molar-refractivity contribution in [3.63, 3.8) is 0 Å². The zero-order valence-electron chi connectivity index (χ0n) is 10.0. The van der Waals surface area contributed by atoms with Crippen LogP contribution in [0.15, 0.2) is 0 Å². The molecule has 0 saturated heterocycles. The predicted molar refractivity (Wildman–Crippen MR) is 64.4 cm³/mol. The van der Waals surface area contributed by atoms with Gasteiger partial charge in [-0.05, 0) is 27.2 Å². The molecule has 0 unspecified atom stereocenters. The minimum absolute atomic E-state index is 0. The Morgan fingerprint density at radius 3 is 2.38 bits per heavy atom. The van der Waals surface area contributed by atoms with E-state index < -0.39 is 5.54 Å². The summed E-state index contributed by atoms with van der Waals surface area (Å²) in [5.74, 6) is -0.454. The van der Waals surface area contributed by atoms with E-state index in [9.17, 15) is 9.59 Å². The van der Waals surface area contributed by atoms with Crippen LogP contribution in [0.25, 0.3) is 0 Å². The Labute approximate surface area is 103 Å². The Morgan fingerprint density at radius 1 is 1.38 bits per heavy atom. The van der Waals surface area contributed by atoms with Gasteiger partial charge in [-0.25, -0.2) is 0 Å². The second kappa shape index (κ2) is 8.35. The molecule has 1 amide bonds. The van der Waals surface area contributed by atoms with Crippen LogP contribution < -0.4 is 11.1 Å². The average molecular weight is 253 g/mol. The molecule has 0 rings (SSSR count). The van der Waals surface area contributed by atoms with Gasteiger partial charge in [0, 0.05) is 13.0 Å². The summed E-state index contributed by atoms with van der Waals surface area (Å²) < 4.78 is 4.74. The first-order valence-electron chi connectivity index (χ1n) is 5.10. The molecular weight excluding hydrogens is 232 g/mol. The number of carbonyl (C=O) groups is 2. The number of nitrogens with one attached hydrogen (secondary N) is 1. The summed E-state index contributed by atoms with van der Waals surface area (Å²) in [5, 5.41) is 2.65. The van der Waals surface area contributed by atoms with Crippen LogP contribution in [0.4, 0.5) is 0 Å². The molecule has 0 aromatic rings. The largest absolute Gasteiger partial charge is 0.466 e. The zero-order chi connectivity index (χ0) is 11.9. The second-order valence-corrected chi connectivity index (χ2v) is 3.89. The van der Waals surface area contributed by atoms with E-state index in [0.717, 1.165) is 0 Å². The van der Waals surface area contributed by atoms with Gasteiger partial charge in [0.05, 0.1) is 12.1 Å². The van der Waals surface area contributed by atoms with Gasteiger partial charge in [0.25, 0.3) is 0 Å². The van der Waals surface area contributed by atoms with Crippen LogP contribution in [0.2, 0.25) is 0 Å². The summed E-state index contributed by atoms with van der Waals surface area (Å²) in [6.45, 7) is 5.86. The van der Waals surface area contributed by atoms with E-state index in [-0.39, 0.29) is 24.3 Å². The first-order valence-corrected chi connectivity index (χ1v) is 5.10. The number of nitrogens with two attached hydrogens (primary N) is 1. The SMILES string of the molecule is CCOC(=O)CCCNC(=O)C(C)(C)N.Cl. The van der Waals surface area contributed by atoms with Gasteiger partial charge in [0.1, 0.15) is 0 Å². The molecule has 0 aliphatic rings. The lowest BCUT2D eigenvalue weighted by atomic mass is 10.1. The van der Waals surface area contributed by atoms with E-state index in [1.54, 1.807) is 20.8 Å². The first-order chi connectivity index (χ1) is 6.88. The summed E-state index contributed by atoms with van der Waals surface area (Å²) in [4.78, 5) is 22.2. The second-order valence-electron chi connectivity index (χ2n) is 3.89. The smallest absolute Gasteiger partial charge is 0.305 e. The molecule has 0 saturated carbocycles. The lowest BCUT2D eigenvalue weighted by Gasteiger charge is -2.17. The van der Waals surface area contributed by atoms with Crippen molar-refractivity contribution in [2.45, 2.75) is 39.2 Å². The minimum Gasteiger partial charge on any atom is -0.466 e. The van der Waals surface area contributed by atoms with E-state index in [2.05, 4.69) is 5.32 Å². The number of ether oxygens (including phenoxy) is 1. The Morgan fingerprint density at radius 2 is 1.94 bits per heavy atom. The van der Waals surface area contributed by atoms with Gasteiger partial charge in [-0.15, -0.1) is 12.4 Å². The summed E-state index contributed by atoms with van der Waals surface area (Å²) in [5.41, 5.74) is 4.69.